The molecule has 0 saturated heterocycles. The first-order valence-electron chi connectivity index (χ1n) is 3.99. The van der Waals surface area contributed by atoms with Crippen molar-refractivity contribution in [1.29, 1.82) is 0 Å². The summed E-state index contributed by atoms with van der Waals surface area (Å²) in [6.45, 7) is 4.76. The van der Waals surface area contributed by atoms with Crippen LogP contribution in [-0.2, 0) is 13.6 Å². The van der Waals surface area contributed by atoms with Crippen molar-refractivity contribution >= 4 is 15.9 Å². The van der Waals surface area contributed by atoms with E-state index >= 15 is 0 Å². The molecule has 0 bridgehead atoms. The van der Waals surface area contributed by atoms with Crippen LogP contribution in [0.3, 0.4) is 0 Å². The maximum atomic E-state index is 5.57. The van der Waals surface area contributed by atoms with Crippen molar-refractivity contribution in [3.05, 3.63) is 15.9 Å². The summed E-state index contributed by atoms with van der Waals surface area (Å²) >= 11 is 3.50. The summed E-state index contributed by atoms with van der Waals surface area (Å²) in [4.78, 5) is 0. The number of halogens is 1. The van der Waals surface area contributed by atoms with E-state index in [4.69, 9.17) is 5.73 Å². The van der Waals surface area contributed by atoms with Gasteiger partial charge in [-0.25, -0.2) is 0 Å². The molecule has 2 N–H and O–H groups in total. The van der Waals surface area contributed by atoms with Gasteiger partial charge in [-0.05, 0) is 21.8 Å². The fourth-order valence-electron chi connectivity index (χ4n) is 1.15. The van der Waals surface area contributed by atoms with Gasteiger partial charge < -0.3 is 5.73 Å². The Morgan fingerprint density at radius 1 is 1.58 bits per heavy atom. The molecule has 0 aliphatic heterocycles. The molecule has 1 aromatic heterocycles. The number of rotatable bonds is 2. The number of hydrogen-bond donors (Lipinski definition) is 1. The van der Waals surface area contributed by atoms with Crippen LogP contribution in [0.2, 0.25) is 0 Å². The van der Waals surface area contributed by atoms with Gasteiger partial charge in [0, 0.05) is 13.6 Å². The van der Waals surface area contributed by atoms with Crippen LogP contribution in [-0.4, -0.2) is 9.78 Å². The molecule has 1 rings (SSSR count). The molecule has 0 amide bonds. The predicted octanol–water partition coefficient (Wildman–Crippen LogP) is 1.76. The summed E-state index contributed by atoms with van der Waals surface area (Å²) in [6.07, 6.45) is 0. The SMILES string of the molecule is CC(C)c1nn(C)c(CN)c1Br. The number of nitrogens with zero attached hydrogens (tertiary/aromatic N) is 2. The topological polar surface area (TPSA) is 43.8 Å². The second-order valence-corrected chi connectivity index (χ2v) is 3.92. The molecule has 4 heteroatoms. The van der Waals surface area contributed by atoms with Gasteiger partial charge in [-0.3, -0.25) is 4.68 Å². The summed E-state index contributed by atoms with van der Waals surface area (Å²) in [7, 11) is 1.92. The highest BCUT2D eigenvalue weighted by Crippen LogP contribution is 2.26. The molecule has 1 heterocycles. The smallest absolute Gasteiger partial charge is 0.0795 e. The molecular formula is C8H14BrN3. The minimum atomic E-state index is 0.436. The second-order valence-electron chi connectivity index (χ2n) is 3.13. The van der Waals surface area contributed by atoms with Gasteiger partial charge in [-0.1, -0.05) is 13.8 Å². The van der Waals surface area contributed by atoms with Crippen molar-refractivity contribution in [1.82, 2.24) is 9.78 Å². The third-order valence-electron chi connectivity index (χ3n) is 1.87. The van der Waals surface area contributed by atoms with E-state index in [0.717, 1.165) is 15.9 Å². The largest absolute Gasteiger partial charge is 0.325 e. The molecule has 0 radical (unpaired) electrons. The fourth-order valence-corrected chi connectivity index (χ4v) is 2.10. The lowest BCUT2D eigenvalue weighted by Gasteiger charge is -1.99. The van der Waals surface area contributed by atoms with Crippen LogP contribution >= 0.6 is 15.9 Å². The highest BCUT2D eigenvalue weighted by atomic mass is 79.9. The van der Waals surface area contributed by atoms with E-state index in [1.807, 2.05) is 11.7 Å². The van der Waals surface area contributed by atoms with Gasteiger partial charge in [-0.2, -0.15) is 5.10 Å². The number of nitrogens with two attached hydrogens (primary N) is 1. The molecule has 0 aliphatic carbocycles. The molecule has 1 aromatic rings. The molecule has 0 aliphatic rings. The van der Waals surface area contributed by atoms with E-state index in [1.165, 1.54) is 0 Å². The average Bonchev–Trinajstić information content (AvgIpc) is 2.27. The zero-order chi connectivity index (χ0) is 9.30. The first-order chi connectivity index (χ1) is 5.57. The van der Waals surface area contributed by atoms with Gasteiger partial charge in [0.2, 0.25) is 0 Å². The van der Waals surface area contributed by atoms with E-state index in [2.05, 4.69) is 34.9 Å². The number of aromatic nitrogens is 2. The maximum Gasteiger partial charge on any atom is 0.0795 e. The molecular weight excluding hydrogens is 218 g/mol. The van der Waals surface area contributed by atoms with Gasteiger partial charge >= 0.3 is 0 Å². The minimum absolute atomic E-state index is 0.436. The van der Waals surface area contributed by atoms with Crippen molar-refractivity contribution in [3.8, 4) is 0 Å². The molecule has 68 valence electrons. The molecule has 0 atom stereocenters. The highest BCUT2D eigenvalue weighted by Gasteiger charge is 2.14. The molecule has 0 aromatic carbocycles. The third-order valence-corrected chi connectivity index (χ3v) is 2.73. The first kappa shape index (κ1) is 9.74. The Labute approximate surface area is 81.1 Å². The Morgan fingerprint density at radius 3 is 2.42 bits per heavy atom. The van der Waals surface area contributed by atoms with Gasteiger partial charge in [-0.15, -0.1) is 0 Å². The van der Waals surface area contributed by atoms with Crippen LogP contribution in [0.15, 0.2) is 4.47 Å². The van der Waals surface area contributed by atoms with Gasteiger partial charge in [0.05, 0.1) is 15.9 Å². The van der Waals surface area contributed by atoms with Gasteiger partial charge in [0.1, 0.15) is 0 Å². The summed E-state index contributed by atoms with van der Waals surface area (Å²) in [5.74, 6) is 0.436. The zero-order valence-electron chi connectivity index (χ0n) is 7.63. The van der Waals surface area contributed by atoms with Gasteiger partial charge in [0.25, 0.3) is 0 Å². The van der Waals surface area contributed by atoms with Crippen LogP contribution in [0.1, 0.15) is 31.2 Å². The lowest BCUT2D eigenvalue weighted by Crippen LogP contribution is -2.04. The van der Waals surface area contributed by atoms with Crippen LogP contribution in [0.25, 0.3) is 0 Å². The Kier molecular flexibility index (Phi) is 2.90. The van der Waals surface area contributed by atoms with Crippen molar-refractivity contribution < 1.29 is 0 Å². The average molecular weight is 232 g/mol. The van der Waals surface area contributed by atoms with E-state index in [-0.39, 0.29) is 0 Å². The number of aryl methyl sites for hydroxylation is 1. The van der Waals surface area contributed by atoms with Crippen molar-refractivity contribution in [2.75, 3.05) is 0 Å². The minimum Gasteiger partial charge on any atom is -0.325 e. The fraction of sp³-hybridized carbons (Fsp3) is 0.625. The first-order valence-corrected chi connectivity index (χ1v) is 4.78. The van der Waals surface area contributed by atoms with E-state index in [9.17, 15) is 0 Å². The van der Waals surface area contributed by atoms with Crippen molar-refractivity contribution in [2.45, 2.75) is 26.3 Å². The Hall–Kier alpha value is -0.350. The monoisotopic (exact) mass is 231 g/mol. The van der Waals surface area contributed by atoms with Crippen molar-refractivity contribution in [3.63, 3.8) is 0 Å². The molecule has 0 unspecified atom stereocenters. The lowest BCUT2D eigenvalue weighted by atomic mass is 10.1. The van der Waals surface area contributed by atoms with E-state index in [0.29, 0.717) is 12.5 Å². The Balaban J connectivity index is 3.17. The molecule has 0 spiro atoms. The van der Waals surface area contributed by atoms with Crippen LogP contribution in [0.4, 0.5) is 0 Å². The predicted molar refractivity (Wildman–Crippen MR) is 52.9 cm³/mol. The van der Waals surface area contributed by atoms with E-state index < -0.39 is 0 Å². The van der Waals surface area contributed by atoms with Crippen LogP contribution < -0.4 is 5.73 Å². The summed E-state index contributed by atoms with van der Waals surface area (Å²) in [5.41, 5.74) is 7.71. The normalized spacial score (nSPS) is 11.2. The van der Waals surface area contributed by atoms with E-state index in [1.54, 1.807) is 0 Å². The molecule has 0 saturated carbocycles. The quantitative estimate of drug-likeness (QED) is 0.844. The lowest BCUT2D eigenvalue weighted by molar-refractivity contribution is 0.682. The molecule has 3 nitrogen and oxygen atoms in total. The number of hydrogen-bond acceptors (Lipinski definition) is 2. The third kappa shape index (κ3) is 1.54. The summed E-state index contributed by atoms with van der Waals surface area (Å²) < 4.78 is 2.89. The zero-order valence-corrected chi connectivity index (χ0v) is 9.22. The van der Waals surface area contributed by atoms with Crippen molar-refractivity contribution in [2.24, 2.45) is 12.8 Å². The maximum absolute atomic E-state index is 5.57. The Bertz CT molecular complexity index is 278. The van der Waals surface area contributed by atoms with Crippen LogP contribution in [0, 0.1) is 0 Å². The highest BCUT2D eigenvalue weighted by molar-refractivity contribution is 9.10. The second kappa shape index (κ2) is 3.58. The summed E-state index contributed by atoms with van der Waals surface area (Å²) in [5, 5.41) is 4.37. The molecule has 12 heavy (non-hydrogen) atoms. The molecule has 0 fully saturated rings. The Morgan fingerprint density at radius 2 is 2.17 bits per heavy atom. The van der Waals surface area contributed by atoms with Crippen LogP contribution in [0.5, 0.6) is 0 Å². The van der Waals surface area contributed by atoms with Gasteiger partial charge in [0.15, 0.2) is 0 Å². The summed E-state index contributed by atoms with van der Waals surface area (Å²) in [6, 6.07) is 0. The standard InChI is InChI=1S/C8H14BrN3/c1-5(2)8-7(9)6(4-10)12(3)11-8/h5H,4,10H2,1-3H3.